The molecule has 4 aromatic rings. The molecule has 0 amide bonds. The highest BCUT2D eigenvalue weighted by Crippen LogP contribution is 2.16. The van der Waals surface area contributed by atoms with Crippen LogP contribution in [0.5, 0.6) is 0 Å². The van der Waals surface area contributed by atoms with E-state index in [1.54, 1.807) is 12.1 Å². The highest BCUT2D eigenvalue weighted by molar-refractivity contribution is 6.11. The first kappa shape index (κ1) is 32.4. The van der Waals surface area contributed by atoms with E-state index in [1.165, 1.54) is 36.0 Å². The fraction of sp³-hybridized carbons (Fsp3) is 0.194. The second-order valence-electron chi connectivity index (χ2n) is 9.41. The Balaban J connectivity index is 0.000000272. The van der Waals surface area contributed by atoms with Gasteiger partial charge in [0.1, 0.15) is 11.6 Å². The van der Waals surface area contributed by atoms with E-state index in [-0.39, 0.29) is 23.8 Å². The number of anilines is 1. The van der Waals surface area contributed by atoms with Crippen LogP contribution in [0.3, 0.4) is 0 Å². The summed E-state index contributed by atoms with van der Waals surface area (Å²) >= 11 is 0. The molecule has 0 aliphatic heterocycles. The Labute approximate surface area is 243 Å². The van der Waals surface area contributed by atoms with E-state index in [4.69, 9.17) is 6.42 Å². The quantitative estimate of drug-likeness (QED) is 0.0764. The number of aryl methyl sites for hydroxylation is 2. The smallest absolute Gasteiger partial charge is 0.193 e. The largest absolute Gasteiger partial charge is 0.300 e. The van der Waals surface area contributed by atoms with Gasteiger partial charge in [0.2, 0.25) is 0 Å². The van der Waals surface area contributed by atoms with Crippen molar-refractivity contribution in [2.75, 3.05) is 5.01 Å². The number of hydrogen-bond donors (Lipinski definition) is 0. The lowest BCUT2D eigenvalue weighted by molar-refractivity contribution is -0.115. The molecule has 0 saturated heterocycles. The Morgan fingerprint density at radius 1 is 0.780 bits per heavy atom. The summed E-state index contributed by atoms with van der Waals surface area (Å²) in [5.74, 6) is -0.306. The molecular formula is C36H37FN2O2. The fourth-order valence-corrected chi connectivity index (χ4v) is 3.56. The lowest BCUT2D eigenvalue weighted by Crippen LogP contribution is -2.15. The zero-order valence-corrected chi connectivity index (χ0v) is 24.4. The number of hydrogen-bond acceptors (Lipinski definition) is 4. The molecule has 0 heterocycles. The summed E-state index contributed by atoms with van der Waals surface area (Å²) < 4.78 is 13.1. The van der Waals surface area contributed by atoms with Crippen molar-refractivity contribution >= 4 is 23.0 Å². The molecule has 0 bridgehead atoms. The molecule has 0 saturated carbocycles. The van der Waals surface area contributed by atoms with Crippen LogP contribution >= 0.6 is 0 Å². The topological polar surface area (TPSA) is 49.7 Å². The third-order valence-corrected chi connectivity index (χ3v) is 5.74. The van der Waals surface area contributed by atoms with E-state index in [2.05, 4.69) is 25.0 Å². The average molecular weight is 549 g/mol. The number of benzene rings is 4. The number of carbonyl (C=O) groups is 2. The third kappa shape index (κ3) is 10.7. The van der Waals surface area contributed by atoms with Gasteiger partial charge >= 0.3 is 0 Å². The molecule has 4 rings (SSSR count). The number of hydrazone groups is 1. The van der Waals surface area contributed by atoms with Crippen LogP contribution in [0.25, 0.3) is 0 Å². The molecule has 0 atom stereocenters. The summed E-state index contributed by atoms with van der Waals surface area (Å²) in [5, 5.41) is 5.74. The van der Waals surface area contributed by atoms with E-state index < -0.39 is 0 Å². The third-order valence-electron chi connectivity index (χ3n) is 5.74. The van der Waals surface area contributed by atoms with Gasteiger partial charge in [-0.25, -0.2) is 4.39 Å². The summed E-state index contributed by atoms with van der Waals surface area (Å²) in [4.78, 5) is 23.6. The molecule has 210 valence electrons. The van der Waals surface area contributed by atoms with Crippen LogP contribution in [0, 0.1) is 32.1 Å². The predicted molar refractivity (Wildman–Crippen MR) is 168 cm³/mol. The maximum absolute atomic E-state index is 13.1. The van der Waals surface area contributed by atoms with Crippen LogP contribution in [0.4, 0.5) is 10.1 Å². The molecule has 0 spiro atoms. The first-order valence-electron chi connectivity index (χ1n) is 13.5. The average Bonchev–Trinajstić information content (AvgIpc) is 2.98. The van der Waals surface area contributed by atoms with Crippen molar-refractivity contribution < 1.29 is 14.0 Å². The van der Waals surface area contributed by atoms with Crippen LogP contribution in [0.15, 0.2) is 108 Å². The fourth-order valence-electron chi connectivity index (χ4n) is 3.56. The van der Waals surface area contributed by atoms with Gasteiger partial charge in [-0.3, -0.25) is 9.59 Å². The van der Waals surface area contributed by atoms with E-state index in [0.29, 0.717) is 17.0 Å². The van der Waals surface area contributed by atoms with Gasteiger partial charge in [0.15, 0.2) is 5.78 Å². The number of carbonyl (C=O) groups excluding carboxylic acids is 2. The maximum Gasteiger partial charge on any atom is 0.193 e. The Bertz CT molecular complexity index is 1470. The summed E-state index contributed by atoms with van der Waals surface area (Å²) in [6, 6.07) is 32.7. The predicted octanol–water partition coefficient (Wildman–Crippen LogP) is 8.56. The number of ketones is 2. The Morgan fingerprint density at radius 3 is 1.83 bits per heavy atom. The lowest BCUT2D eigenvalue weighted by atomic mass is 9.99. The van der Waals surface area contributed by atoms with Crippen LogP contribution in [0.1, 0.15) is 66.2 Å². The summed E-state index contributed by atoms with van der Waals surface area (Å²) in [5.41, 5.74) is 5.74. The highest BCUT2D eigenvalue weighted by atomic mass is 19.1. The SMILES string of the molecule is C#CN(/N=C(\CC(C)=O)c1ccc(F)cc1)c1ccccc1.CCC.Cc1ccc(C(=O)c2ccccc2)cc1C. The molecule has 0 radical (unpaired) electrons. The van der Waals surface area contributed by atoms with E-state index in [9.17, 15) is 14.0 Å². The lowest BCUT2D eigenvalue weighted by Gasteiger charge is -2.14. The molecule has 0 aromatic heterocycles. The first-order valence-corrected chi connectivity index (χ1v) is 13.5. The molecule has 4 nitrogen and oxygen atoms in total. The summed E-state index contributed by atoms with van der Waals surface area (Å²) in [6.07, 6.45) is 6.88. The first-order chi connectivity index (χ1) is 19.7. The number of nitrogens with zero attached hydrogens (tertiary/aromatic N) is 2. The highest BCUT2D eigenvalue weighted by Gasteiger charge is 2.11. The monoisotopic (exact) mass is 548 g/mol. The minimum atomic E-state index is -0.345. The minimum absolute atomic E-state index is 0.0480. The van der Waals surface area contributed by atoms with Crippen LogP contribution in [0.2, 0.25) is 0 Å². The Kier molecular flexibility index (Phi) is 13.4. The van der Waals surface area contributed by atoms with Crippen molar-refractivity contribution in [3.63, 3.8) is 0 Å². The number of Topliss-reactive ketones (excluding diaryl/α,β-unsaturated/α-hetero) is 1. The molecule has 0 fully saturated rings. The van der Waals surface area contributed by atoms with Crippen LogP contribution in [-0.2, 0) is 4.79 Å². The Hall–Kier alpha value is -4.82. The molecule has 0 aliphatic rings. The molecule has 0 unspecified atom stereocenters. The number of halogens is 1. The second kappa shape index (κ2) is 17.0. The standard InChI is InChI=1S/C18H15FN2O.C15H14O.C3H8/c1-3-21(17-7-5-4-6-8-17)20-18(13-14(2)22)15-9-11-16(19)12-10-15;1-11-8-9-14(10-12(11)2)15(16)13-6-4-3-5-7-13;1-3-2/h1,4-12H,13H2,2H3;3-10H,1-2H3;3H2,1-2H3/b20-18+;;. The van der Waals surface area contributed by atoms with Crippen molar-refractivity contribution in [3.8, 4) is 12.5 Å². The Morgan fingerprint density at radius 2 is 1.32 bits per heavy atom. The van der Waals surface area contributed by atoms with Crippen molar-refractivity contribution in [2.45, 2.75) is 47.5 Å². The van der Waals surface area contributed by atoms with E-state index in [1.807, 2.05) is 92.7 Å². The maximum atomic E-state index is 13.1. The normalized spacial score (nSPS) is 10.2. The van der Waals surface area contributed by atoms with Gasteiger partial charge in [0, 0.05) is 17.2 Å². The molecule has 0 aliphatic carbocycles. The van der Waals surface area contributed by atoms with Crippen LogP contribution in [-0.4, -0.2) is 17.3 Å². The van der Waals surface area contributed by atoms with Crippen molar-refractivity contribution in [3.05, 3.63) is 137 Å². The van der Waals surface area contributed by atoms with Gasteiger partial charge in [0.25, 0.3) is 0 Å². The van der Waals surface area contributed by atoms with Gasteiger partial charge in [0.05, 0.1) is 17.8 Å². The van der Waals surface area contributed by atoms with E-state index in [0.717, 1.165) is 16.7 Å². The number of para-hydroxylation sites is 1. The summed E-state index contributed by atoms with van der Waals surface area (Å²) in [6.45, 7) is 9.80. The van der Waals surface area contributed by atoms with Gasteiger partial charge in [-0.15, -0.1) is 0 Å². The van der Waals surface area contributed by atoms with Gasteiger partial charge in [-0.2, -0.15) is 10.1 Å². The van der Waals surface area contributed by atoms with E-state index >= 15 is 0 Å². The number of rotatable bonds is 7. The zero-order valence-electron chi connectivity index (χ0n) is 24.4. The minimum Gasteiger partial charge on any atom is -0.300 e. The molecular weight excluding hydrogens is 511 g/mol. The van der Waals surface area contributed by atoms with Gasteiger partial charge in [-0.1, -0.05) is 99.5 Å². The molecule has 5 heteroatoms. The van der Waals surface area contributed by atoms with Crippen molar-refractivity contribution in [1.82, 2.24) is 0 Å². The zero-order chi connectivity index (χ0) is 30.2. The summed E-state index contributed by atoms with van der Waals surface area (Å²) in [7, 11) is 0. The van der Waals surface area contributed by atoms with Crippen LogP contribution < -0.4 is 5.01 Å². The van der Waals surface area contributed by atoms with Crippen molar-refractivity contribution in [2.24, 2.45) is 5.10 Å². The number of terminal acetylenes is 1. The molecule has 41 heavy (non-hydrogen) atoms. The van der Waals surface area contributed by atoms with Crippen molar-refractivity contribution in [1.29, 1.82) is 0 Å². The molecule has 0 N–H and O–H groups in total. The van der Waals surface area contributed by atoms with Gasteiger partial charge < -0.3 is 0 Å². The second-order valence-corrected chi connectivity index (χ2v) is 9.41. The van der Waals surface area contributed by atoms with Gasteiger partial charge in [-0.05, 0) is 67.8 Å². The molecule has 4 aromatic carbocycles.